The highest BCUT2D eigenvalue weighted by atomic mass is 35.5. The molecule has 0 radical (unpaired) electrons. The lowest BCUT2D eigenvalue weighted by atomic mass is 10.1. The van der Waals surface area contributed by atoms with Gasteiger partial charge in [-0.15, -0.1) is 0 Å². The zero-order valence-corrected chi connectivity index (χ0v) is 12.2. The van der Waals surface area contributed by atoms with Crippen molar-refractivity contribution in [3.8, 4) is 0 Å². The van der Waals surface area contributed by atoms with Crippen LogP contribution in [0, 0.1) is 11.6 Å². The summed E-state index contributed by atoms with van der Waals surface area (Å²) in [5.41, 5.74) is 0.584. The predicted molar refractivity (Wildman–Crippen MR) is 77.4 cm³/mol. The van der Waals surface area contributed by atoms with Gasteiger partial charge >= 0.3 is 0 Å². The summed E-state index contributed by atoms with van der Waals surface area (Å²) < 4.78 is 26.1. The Morgan fingerprint density at radius 3 is 2.50 bits per heavy atom. The van der Waals surface area contributed by atoms with Gasteiger partial charge in [0.2, 0.25) is 0 Å². The number of benzene rings is 1. The fourth-order valence-electron chi connectivity index (χ4n) is 1.67. The van der Waals surface area contributed by atoms with E-state index in [1.165, 1.54) is 23.9 Å². The van der Waals surface area contributed by atoms with Crippen LogP contribution in [0.4, 0.5) is 14.6 Å². The van der Waals surface area contributed by atoms with Crippen LogP contribution in [0.1, 0.15) is 5.56 Å². The number of anilines is 1. The van der Waals surface area contributed by atoms with Crippen LogP contribution in [-0.2, 0) is 6.42 Å². The Balaban J connectivity index is 1.97. The van der Waals surface area contributed by atoms with Gasteiger partial charge in [0, 0.05) is 18.7 Å². The summed E-state index contributed by atoms with van der Waals surface area (Å²) in [6.45, 7) is 0.490. The first-order valence-corrected chi connectivity index (χ1v) is 7.44. The van der Waals surface area contributed by atoms with Crippen LogP contribution in [-0.4, -0.2) is 22.8 Å². The number of thioether (sulfide) groups is 1. The Kier molecular flexibility index (Phi) is 5.14. The Morgan fingerprint density at radius 1 is 1.15 bits per heavy atom. The topological polar surface area (TPSA) is 37.8 Å². The molecule has 0 aliphatic heterocycles. The molecule has 0 atom stereocenters. The third-order valence-electron chi connectivity index (χ3n) is 2.50. The number of nitrogens with zero attached hydrogens (tertiary/aromatic N) is 2. The van der Waals surface area contributed by atoms with E-state index >= 15 is 0 Å². The van der Waals surface area contributed by atoms with E-state index in [2.05, 4.69) is 15.3 Å². The van der Waals surface area contributed by atoms with Gasteiger partial charge in [-0.2, -0.15) is 0 Å². The summed E-state index contributed by atoms with van der Waals surface area (Å²) in [6.07, 6.45) is 2.33. The maximum Gasteiger partial charge on any atom is 0.190 e. The van der Waals surface area contributed by atoms with E-state index < -0.39 is 11.6 Å². The van der Waals surface area contributed by atoms with E-state index in [0.29, 0.717) is 34.7 Å². The number of halogens is 3. The monoisotopic (exact) mass is 315 g/mol. The summed E-state index contributed by atoms with van der Waals surface area (Å²) in [4.78, 5) is 8.25. The highest BCUT2D eigenvalue weighted by molar-refractivity contribution is 7.98. The van der Waals surface area contributed by atoms with Gasteiger partial charge in [-0.25, -0.2) is 18.7 Å². The summed E-state index contributed by atoms with van der Waals surface area (Å²) in [7, 11) is 0. The van der Waals surface area contributed by atoms with Crippen molar-refractivity contribution in [1.29, 1.82) is 0 Å². The maximum atomic E-state index is 13.0. The molecule has 1 N–H and O–H groups in total. The van der Waals surface area contributed by atoms with E-state index in [1.54, 1.807) is 6.07 Å². The van der Waals surface area contributed by atoms with Crippen molar-refractivity contribution in [3.63, 3.8) is 0 Å². The van der Waals surface area contributed by atoms with Gasteiger partial charge in [0.1, 0.15) is 22.6 Å². The van der Waals surface area contributed by atoms with Crippen LogP contribution < -0.4 is 5.32 Å². The molecule has 0 unspecified atom stereocenters. The van der Waals surface area contributed by atoms with Crippen LogP contribution in [0.25, 0.3) is 0 Å². The van der Waals surface area contributed by atoms with E-state index in [1.807, 2.05) is 6.26 Å². The second-order valence-electron chi connectivity index (χ2n) is 4.02. The molecule has 0 fully saturated rings. The number of rotatable bonds is 5. The van der Waals surface area contributed by atoms with Crippen LogP contribution >= 0.6 is 23.4 Å². The van der Waals surface area contributed by atoms with E-state index in [4.69, 9.17) is 11.6 Å². The largest absolute Gasteiger partial charge is 0.370 e. The maximum absolute atomic E-state index is 13.0. The first-order valence-electron chi connectivity index (χ1n) is 5.84. The average Bonchev–Trinajstić information content (AvgIpc) is 2.37. The first kappa shape index (κ1) is 15.0. The molecule has 1 heterocycles. The molecule has 0 spiro atoms. The van der Waals surface area contributed by atoms with Crippen molar-refractivity contribution in [1.82, 2.24) is 9.97 Å². The highest BCUT2D eigenvalue weighted by Gasteiger charge is 2.03. The SMILES string of the molecule is CSc1nc(Cl)cc(NCCc2cc(F)cc(F)c2)n1. The van der Waals surface area contributed by atoms with Crippen molar-refractivity contribution in [2.45, 2.75) is 11.6 Å². The molecular formula is C13H12ClF2N3S. The molecular weight excluding hydrogens is 304 g/mol. The van der Waals surface area contributed by atoms with Gasteiger partial charge in [-0.3, -0.25) is 0 Å². The Morgan fingerprint density at radius 2 is 1.85 bits per heavy atom. The molecule has 0 bridgehead atoms. The fraction of sp³-hybridized carbons (Fsp3) is 0.231. The third kappa shape index (κ3) is 4.31. The fourth-order valence-corrected chi connectivity index (χ4v) is 2.28. The Bertz CT molecular complexity index is 590. The zero-order chi connectivity index (χ0) is 14.5. The number of hydrogen-bond acceptors (Lipinski definition) is 4. The number of hydrogen-bond donors (Lipinski definition) is 1. The van der Waals surface area contributed by atoms with Gasteiger partial charge in [-0.05, 0) is 30.4 Å². The molecule has 2 aromatic rings. The minimum atomic E-state index is -0.574. The van der Waals surface area contributed by atoms with E-state index in [-0.39, 0.29) is 0 Å². The summed E-state index contributed by atoms with van der Waals surface area (Å²) in [6, 6.07) is 5.08. The second-order valence-corrected chi connectivity index (χ2v) is 5.18. The van der Waals surface area contributed by atoms with Crippen molar-refractivity contribution < 1.29 is 8.78 Å². The minimum Gasteiger partial charge on any atom is -0.370 e. The number of aromatic nitrogens is 2. The lowest BCUT2D eigenvalue weighted by molar-refractivity contribution is 0.580. The molecule has 0 aliphatic rings. The molecule has 0 aliphatic carbocycles. The predicted octanol–water partition coefficient (Wildman–Crippen LogP) is 3.78. The lowest BCUT2D eigenvalue weighted by Crippen LogP contribution is -2.07. The molecule has 0 saturated carbocycles. The lowest BCUT2D eigenvalue weighted by Gasteiger charge is -2.07. The second kappa shape index (κ2) is 6.85. The summed E-state index contributed by atoms with van der Waals surface area (Å²) in [5, 5.41) is 3.97. The molecule has 0 amide bonds. The molecule has 0 saturated heterocycles. The Labute approximate surface area is 124 Å². The molecule has 7 heteroatoms. The van der Waals surface area contributed by atoms with Gasteiger partial charge < -0.3 is 5.32 Å². The zero-order valence-electron chi connectivity index (χ0n) is 10.7. The van der Waals surface area contributed by atoms with Crippen molar-refractivity contribution >= 4 is 29.2 Å². The molecule has 20 heavy (non-hydrogen) atoms. The van der Waals surface area contributed by atoms with Crippen molar-refractivity contribution in [3.05, 3.63) is 46.6 Å². The van der Waals surface area contributed by atoms with Crippen molar-refractivity contribution in [2.75, 3.05) is 18.1 Å². The highest BCUT2D eigenvalue weighted by Crippen LogP contribution is 2.17. The molecule has 106 valence electrons. The molecule has 1 aromatic heterocycles. The molecule has 1 aromatic carbocycles. The van der Waals surface area contributed by atoms with E-state index in [9.17, 15) is 8.78 Å². The molecule has 3 nitrogen and oxygen atoms in total. The van der Waals surface area contributed by atoms with Gasteiger partial charge in [-0.1, -0.05) is 23.4 Å². The van der Waals surface area contributed by atoms with Crippen LogP contribution in [0.2, 0.25) is 5.15 Å². The smallest absolute Gasteiger partial charge is 0.190 e. The first-order chi connectivity index (χ1) is 9.56. The standard InChI is InChI=1S/C13H12ClF2N3S/c1-20-13-18-11(14)7-12(19-13)17-3-2-8-4-9(15)6-10(16)5-8/h4-7H,2-3H2,1H3,(H,17,18,19). The quantitative estimate of drug-likeness (QED) is 0.517. The number of nitrogens with one attached hydrogen (secondary N) is 1. The average molecular weight is 316 g/mol. The van der Waals surface area contributed by atoms with Crippen molar-refractivity contribution in [2.24, 2.45) is 0 Å². The molecule has 2 rings (SSSR count). The van der Waals surface area contributed by atoms with Crippen LogP contribution in [0.3, 0.4) is 0 Å². The Hall–Kier alpha value is -1.40. The van der Waals surface area contributed by atoms with E-state index in [0.717, 1.165) is 6.07 Å². The third-order valence-corrected chi connectivity index (χ3v) is 3.24. The van der Waals surface area contributed by atoms with Gasteiger partial charge in [0.25, 0.3) is 0 Å². The van der Waals surface area contributed by atoms with Crippen LogP contribution in [0.15, 0.2) is 29.4 Å². The summed E-state index contributed by atoms with van der Waals surface area (Å²) >= 11 is 7.25. The van der Waals surface area contributed by atoms with Gasteiger partial charge in [0.05, 0.1) is 0 Å². The normalized spacial score (nSPS) is 10.6. The van der Waals surface area contributed by atoms with Crippen LogP contribution in [0.5, 0.6) is 0 Å². The van der Waals surface area contributed by atoms with Gasteiger partial charge in [0.15, 0.2) is 5.16 Å². The summed E-state index contributed by atoms with van der Waals surface area (Å²) in [5.74, 6) is -0.560. The minimum absolute atomic E-state index is 0.351.